The Bertz CT molecular complexity index is 1150. The number of hydrogen-bond donors (Lipinski definition) is 1. The highest BCUT2D eigenvalue weighted by Crippen LogP contribution is 2.36. The number of sulfone groups is 1. The molecule has 0 aliphatic carbocycles. The molecule has 0 atom stereocenters. The summed E-state index contributed by atoms with van der Waals surface area (Å²) in [6.45, 7) is 1.77. The highest BCUT2D eigenvalue weighted by Gasteiger charge is 2.27. The number of halogens is 2. The molecule has 0 bridgehead atoms. The fraction of sp³-hybridized carbons (Fsp3) is 0.158. The normalized spacial score (nSPS) is 11.5. The zero-order valence-corrected chi connectivity index (χ0v) is 17.1. The minimum absolute atomic E-state index is 0.0194. The van der Waals surface area contributed by atoms with Crippen LogP contribution in [-0.4, -0.2) is 32.7 Å². The summed E-state index contributed by atoms with van der Waals surface area (Å²) in [4.78, 5) is 24.4. The number of esters is 1. The second-order valence-electron chi connectivity index (χ2n) is 5.84. The lowest BCUT2D eigenvalue weighted by Crippen LogP contribution is -2.15. The van der Waals surface area contributed by atoms with Crippen LogP contribution in [0, 0.1) is 0 Å². The van der Waals surface area contributed by atoms with Crippen molar-refractivity contribution in [2.75, 3.05) is 11.9 Å². The maximum Gasteiger partial charge on any atom is 0.341 e. The Kier molecular flexibility index (Phi) is 6.32. The fourth-order valence-corrected chi connectivity index (χ4v) is 4.20. The molecule has 0 aliphatic heterocycles. The van der Waals surface area contributed by atoms with E-state index in [0.717, 1.165) is 35.6 Å². The Hall–Kier alpha value is -3.05. The molecule has 158 valence electrons. The number of carbonyl (C=O) groups excluding carboxylic acids is 2. The van der Waals surface area contributed by atoms with Crippen LogP contribution in [-0.2, 0) is 14.6 Å². The first-order valence-electron chi connectivity index (χ1n) is 8.51. The second kappa shape index (κ2) is 8.76. The van der Waals surface area contributed by atoms with Gasteiger partial charge in [-0.1, -0.05) is 0 Å². The number of benzene rings is 1. The van der Waals surface area contributed by atoms with Gasteiger partial charge < -0.3 is 14.5 Å². The molecule has 1 N–H and O–H groups in total. The Morgan fingerprint density at radius 1 is 1.20 bits per heavy atom. The van der Waals surface area contributed by atoms with Crippen LogP contribution < -0.4 is 5.32 Å². The van der Waals surface area contributed by atoms with Gasteiger partial charge in [-0.3, -0.25) is 4.79 Å². The van der Waals surface area contributed by atoms with Crippen molar-refractivity contribution in [2.24, 2.45) is 0 Å². The van der Waals surface area contributed by atoms with E-state index in [-0.39, 0.29) is 22.7 Å². The van der Waals surface area contributed by atoms with Gasteiger partial charge in [0.15, 0.2) is 0 Å². The minimum atomic E-state index is -4.76. The van der Waals surface area contributed by atoms with Gasteiger partial charge in [-0.2, -0.15) is 8.78 Å². The molecule has 0 saturated heterocycles. The first-order valence-corrected chi connectivity index (χ1v) is 10.9. The van der Waals surface area contributed by atoms with E-state index in [1.165, 1.54) is 6.26 Å². The third kappa shape index (κ3) is 4.26. The van der Waals surface area contributed by atoms with Crippen LogP contribution in [0.1, 0.15) is 27.6 Å². The molecule has 3 rings (SSSR count). The lowest BCUT2D eigenvalue weighted by atomic mass is 10.1. The molecule has 3 aromatic rings. The van der Waals surface area contributed by atoms with Crippen molar-refractivity contribution in [1.82, 2.24) is 0 Å². The van der Waals surface area contributed by atoms with Gasteiger partial charge in [0, 0.05) is 16.5 Å². The predicted octanol–water partition coefficient (Wildman–Crippen LogP) is 4.43. The summed E-state index contributed by atoms with van der Waals surface area (Å²) < 4.78 is 58.6. The highest BCUT2D eigenvalue weighted by atomic mass is 32.2. The average Bonchev–Trinajstić information content (AvgIpc) is 3.37. The average molecular weight is 455 g/mol. The van der Waals surface area contributed by atoms with Crippen LogP contribution in [0.5, 0.6) is 0 Å². The zero-order valence-electron chi connectivity index (χ0n) is 15.4. The first-order chi connectivity index (χ1) is 14.3. The summed E-state index contributed by atoms with van der Waals surface area (Å²) in [6, 6.07) is 7.36. The zero-order chi connectivity index (χ0) is 21.9. The molecule has 11 heteroatoms. The van der Waals surface area contributed by atoms with Gasteiger partial charge in [0.1, 0.15) is 16.3 Å². The van der Waals surface area contributed by atoms with E-state index in [1.54, 1.807) is 24.4 Å². The standard InChI is InChI=1S/C19H15F2NO6S2/c1-2-27-18(24)15-13(14-4-3-9-28-14)10-29-17(15)22-16(23)11-5-7-12(8-6-11)30(25,26)19(20)21/h3-10,19H,2H2,1H3,(H,22,23). The van der Waals surface area contributed by atoms with Crippen molar-refractivity contribution in [3.63, 3.8) is 0 Å². The first kappa shape index (κ1) is 21.7. The topological polar surface area (TPSA) is 103 Å². The summed E-state index contributed by atoms with van der Waals surface area (Å²) in [6.07, 6.45) is 1.44. The Morgan fingerprint density at radius 3 is 2.47 bits per heavy atom. The monoisotopic (exact) mass is 455 g/mol. The number of ether oxygens (including phenoxy) is 1. The van der Waals surface area contributed by atoms with E-state index >= 15 is 0 Å². The Balaban J connectivity index is 1.89. The molecule has 7 nitrogen and oxygen atoms in total. The number of nitrogens with one attached hydrogen (secondary N) is 1. The number of carbonyl (C=O) groups is 2. The lowest BCUT2D eigenvalue weighted by Gasteiger charge is -2.08. The Morgan fingerprint density at radius 2 is 1.90 bits per heavy atom. The SMILES string of the molecule is CCOC(=O)c1c(-c2ccco2)csc1NC(=O)c1ccc(S(=O)(=O)C(F)F)cc1. The molecule has 1 aromatic carbocycles. The summed E-state index contributed by atoms with van der Waals surface area (Å²) in [5.74, 6) is -4.46. The molecular formula is C19H15F2NO6S2. The van der Waals surface area contributed by atoms with Crippen LogP contribution in [0.25, 0.3) is 11.3 Å². The smallest absolute Gasteiger partial charge is 0.341 e. The molecule has 0 radical (unpaired) electrons. The summed E-state index contributed by atoms with van der Waals surface area (Å²) in [7, 11) is -4.76. The number of hydrogen-bond acceptors (Lipinski definition) is 7. The number of alkyl halides is 2. The quantitative estimate of drug-likeness (QED) is 0.529. The number of rotatable bonds is 7. The van der Waals surface area contributed by atoms with E-state index in [9.17, 15) is 26.8 Å². The van der Waals surface area contributed by atoms with Gasteiger partial charge in [0.2, 0.25) is 9.84 Å². The van der Waals surface area contributed by atoms with Crippen LogP contribution in [0.3, 0.4) is 0 Å². The summed E-state index contributed by atoms with van der Waals surface area (Å²) in [5, 5.41) is 4.40. The van der Waals surface area contributed by atoms with Gasteiger partial charge in [-0.15, -0.1) is 11.3 Å². The third-order valence-electron chi connectivity index (χ3n) is 3.96. The number of amides is 1. The molecule has 0 unspecified atom stereocenters. The number of furan rings is 1. The molecule has 2 aromatic heterocycles. The van der Waals surface area contributed by atoms with Crippen molar-refractivity contribution in [3.05, 3.63) is 59.2 Å². The van der Waals surface area contributed by atoms with Gasteiger partial charge in [-0.05, 0) is 43.3 Å². The van der Waals surface area contributed by atoms with Crippen molar-refractivity contribution < 1.29 is 35.9 Å². The molecule has 0 spiro atoms. The van der Waals surface area contributed by atoms with Gasteiger partial charge in [0.25, 0.3) is 5.91 Å². The molecule has 1 amide bonds. The molecule has 0 saturated carbocycles. The molecule has 0 fully saturated rings. The molecule has 2 heterocycles. The fourth-order valence-electron chi connectivity index (χ4n) is 2.54. The van der Waals surface area contributed by atoms with Gasteiger partial charge >= 0.3 is 11.7 Å². The van der Waals surface area contributed by atoms with Crippen molar-refractivity contribution >= 4 is 38.1 Å². The van der Waals surface area contributed by atoms with Crippen LogP contribution in [0.2, 0.25) is 0 Å². The van der Waals surface area contributed by atoms with Crippen LogP contribution >= 0.6 is 11.3 Å². The molecule has 30 heavy (non-hydrogen) atoms. The van der Waals surface area contributed by atoms with Crippen molar-refractivity contribution in [2.45, 2.75) is 17.6 Å². The molecular weight excluding hydrogens is 440 g/mol. The predicted molar refractivity (Wildman–Crippen MR) is 106 cm³/mol. The van der Waals surface area contributed by atoms with E-state index in [2.05, 4.69) is 5.32 Å². The van der Waals surface area contributed by atoms with E-state index < -0.39 is 32.4 Å². The Labute approximate surface area is 174 Å². The van der Waals surface area contributed by atoms with E-state index in [0.29, 0.717) is 11.3 Å². The van der Waals surface area contributed by atoms with E-state index in [4.69, 9.17) is 9.15 Å². The maximum atomic E-state index is 12.6. The minimum Gasteiger partial charge on any atom is -0.464 e. The van der Waals surface area contributed by atoms with Crippen LogP contribution in [0.4, 0.5) is 13.8 Å². The van der Waals surface area contributed by atoms with Gasteiger partial charge in [-0.25, -0.2) is 13.2 Å². The maximum absolute atomic E-state index is 12.6. The largest absolute Gasteiger partial charge is 0.464 e. The number of thiophene rings is 1. The van der Waals surface area contributed by atoms with Crippen molar-refractivity contribution in [3.8, 4) is 11.3 Å². The lowest BCUT2D eigenvalue weighted by molar-refractivity contribution is 0.0528. The summed E-state index contributed by atoms with van der Waals surface area (Å²) in [5.41, 5.74) is 0.574. The highest BCUT2D eigenvalue weighted by molar-refractivity contribution is 7.91. The third-order valence-corrected chi connectivity index (χ3v) is 6.26. The second-order valence-corrected chi connectivity index (χ2v) is 8.63. The van der Waals surface area contributed by atoms with Crippen molar-refractivity contribution in [1.29, 1.82) is 0 Å². The molecule has 0 aliphatic rings. The van der Waals surface area contributed by atoms with E-state index in [1.807, 2.05) is 0 Å². The number of anilines is 1. The summed E-state index contributed by atoms with van der Waals surface area (Å²) >= 11 is 1.08. The van der Waals surface area contributed by atoms with Crippen LogP contribution in [0.15, 0.2) is 57.4 Å². The van der Waals surface area contributed by atoms with Gasteiger partial charge in [0.05, 0.1) is 17.8 Å².